The van der Waals surface area contributed by atoms with E-state index in [2.05, 4.69) is 30.2 Å². The van der Waals surface area contributed by atoms with Gasteiger partial charge in [0.2, 0.25) is 11.9 Å². The van der Waals surface area contributed by atoms with Crippen molar-refractivity contribution in [1.82, 2.24) is 15.3 Å². The van der Waals surface area contributed by atoms with E-state index in [0.29, 0.717) is 17.2 Å². The highest BCUT2D eigenvalue weighted by Crippen LogP contribution is 2.24. The molecule has 1 aromatic heterocycles. The summed E-state index contributed by atoms with van der Waals surface area (Å²) in [4.78, 5) is 23.7. The lowest BCUT2D eigenvalue weighted by Gasteiger charge is -2.27. The Morgan fingerprint density at radius 1 is 1.12 bits per heavy atom. The van der Waals surface area contributed by atoms with Gasteiger partial charge >= 0.3 is 6.36 Å². The molecule has 0 aliphatic carbocycles. The first-order chi connectivity index (χ1) is 15.8. The molecule has 2 heterocycles. The van der Waals surface area contributed by atoms with E-state index in [4.69, 9.17) is 0 Å². The van der Waals surface area contributed by atoms with E-state index in [1.807, 2.05) is 19.1 Å². The van der Waals surface area contributed by atoms with Crippen LogP contribution in [0.5, 0.6) is 5.75 Å². The first kappa shape index (κ1) is 22.5. The number of carbonyl (C=O) groups excluding carboxylic acids is 1. The van der Waals surface area contributed by atoms with Crippen LogP contribution in [-0.2, 0) is 4.79 Å². The van der Waals surface area contributed by atoms with Gasteiger partial charge in [0.25, 0.3) is 0 Å². The molecular weight excluding hydrogens is 435 g/mol. The highest BCUT2D eigenvalue weighted by molar-refractivity contribution is 6.03. The van der Waals surface area contributed by atoms with Crippen LogP contribution in [0, 0.1) is 6.92 Å². The van der Waals surface area contributed by atoms with Crippen molar-refractivity contribution < 1.29 is 22.7 Å². The number of carbonyl (C=O) groups is 1. The maximum absolute atomic E-state index is 12.3. The first-order valence-corrected chi connectivity index (χ1v) is 10.4. The minimum absolute atomic E-state index is 0.321. The Morgan fingerprint density at radius 2 is 1.85 bits per heavy atom. The van der Waals surface area contributed by atoms with Crippen LogP contribution in [0.25, 0.3) is 17.0 Å². The zero-order valence-corrected chi connectivity index (χ0v) is 17.8. The predicted octanol–water partition coefficient (Wildman–Crippen LogP) is 3.90. The van der Waals surface area contributed by atoms with Crippen LogP contribution in [0.15, 0.2) is 48.5 Å². The molecule has 0 bridgehead atoms. The summed E-state index contributed by atoms with van der Waals surface area (Å²) in [5.74, 6) is 0.00631. The number of halogens is 3. The van der Waals surface area contributed by atoms with Gasteiger partial charge in [0.05, 0.1) is 11.2 Å². The number of alkyl halides is 3. The zero-order chi connectivity index (χ0) is 23.4. The minimum atomic E-state index is -4.74. The molecule has 1 saturated heterocycles. The summed E-state index contributed by atoms with van der Waals surface area (Å²) in [5.41, 5.74) is 2.77. The number of nitrogens with one attached hydrogen (secondary N) is 2. The van der Waals surface area contributed by atoms with Gasteiger partial charge in [-0.1, -0.05) is 12.1 Å². The molecule has 1 amide bonds. The van der Waals surface area contributed by atoms with E-state index >= 15 is 0 Å². The second kappa shape index (κ2) is 9.45. The molecule has 172 valence electrons. The van der Waals surface area contributed by atoms with Crippen molar-refractivity contribution in [3.05, 3.63) is 59.8 Å². The number of aryl methyl sites for hydroxylation is 1. The van der Waals surface area contributed by atoms with Crippen molar-refractivity contribution in [1.29, 1.82) is 0 Å². The van der Waals surface area contributed by atoms with Crippen LogP contribution in [0.4, 0.5) is 24.8 Å². The Bertz CT molecular complexity index is 1170. The number of amides is 1. The third-order valence-corrected chi connectivity index (χ3v) is 5.08. The van der Waals surface area contributed by atoms with Crippen LogP contribution < -0.4 is 20.3 Å². The Kier molecular flexibility index (Phi) is 6.45. The molecular formula is C23H22F3N5O2. The first-order valence-electron chi connectivity index (χ1n) is 10.4. The SMILES string of the molecule is Cc1nc(N2CCNCC2)nc2ccc(NC(=O)/C=C/c3ccc(OC(F)(F)F)cc3)cc12. The van der Waals surface area contributed by atoms with Gasteiger partial charge in [0, 0.05) is 43.3 Å². The van der Waals surface area contributed by atoms with E-state index in [-0.39, 0.29) is 11.7 Å². The van der Waals surface area contributed by atoms with E-state index < -0.39 is 6.36 Å². The lowest BCUT2D eigenvalue weighted by Crippen LogP contribution is -2.44. The summed E-state index contributed by atoms with van der Waals surface area (Å²) >= 11 is 0. The van der Waals surface area contributed by atoms with E-state index in [1.165, 1.54) is 36.4 Å². The molecule has 2 N–H and O–H groups in total. The average molecular weight is 457 g/mol. The molecule has 33 heavy (non-hydrogen) atoms. The largest absolute Gasteiger partial charge is 0.573 e. The number of benzene rings is 2. The van der Waals surface area contributed by atoms with Crippen molar-refractivity contribution in [2.75, 3.05) is 36.4 Å². The molecule has 0 spiro atoms. The van der Waals surface area contributed by atoms with Crippen molar-refractivity contribution in [3.8, 4) is 5.75 Å². The number of ether oxygens (including phenoxy) is 1. The molecule has 0 radical (unpaired) electrons. The Hall–Kier alpha value is -3.66. The maximum Gasteiger partial charge on any atom is 0.573 e. The van der Waals surface area contributed by atoms with Crippen molar-refractivity contribution >= 4 is 34.5 Å². The molecule has 10 heteroatoms. The lowest BCUT2D eigenvalue weighted by atomic mass is 10.1. The van der Waals surface area contributed by atoms with E-state index in [1.54, 1.807) is 6.07 Å². The summed E-state index contributed by atoms with van der Waals surface area (Å²) < 4.78 is 40.5. The summed E-state index contributed by atoms with van der Waals surface area (Å²) in [7, 11) is 0. The Balaban J connectivity index is 1.42. The van der Waals surface area contributed by atoms with Gasteiger partial charge in [-0.3, -0.25) is 4.79 Å². The fraction of sp³-hybridized carbons (Fsp3) is 0.261. The van der Waals surface area contributed by atoms with Crippen LogP contribution in [0.1, 0.15) is 11.3 Å². The standard InChI is InChI=1S/C23H22F3N5O2/c1-15-19-14-17(5-8-20(19)30-22(28-15)31-12-10-27-11-13-31)29-21(32)9-4-16-2-6-18(7-3-16)33-23(24,25)26/h2-9,14,27H,10-13H2,1H3,(H,29,32)/b9-4+. The van der Waals surface area contributed by atoms with Gasteiger partial charge < -0.3 is 20.3 Å². The summed E-state index contributed by atoms with van der Waals surface area (Å²) in [6, 6.07) is 10.7. The average Bonchev–Trinajstić information content (AvgIpc) is 2.78. The lowest BCUT2D eigenvalue weighted by molar-refractivity contribution is -0.274. The zero-order valence-electron chi connectivity index (χ0n) is 17.8. The number of hydrogen-bond acceptors (Lipinski definition) is 6. The summed E-state index contributed by atoms with van der Waals surface area (Å²) in [6.07, 6.45) is -1.93. The van der Waals surface area contributed by atoms with Crippen molar-refractivity contribution in [3.63, 3.8) is 0 Å². The van der Waals surface area contributed by atoms with Gasteiger partial charge in [-0.05, 0) is 48.9 Å². The molecule has 1 fully saturated rings. The van der Waals surface area contributed by atoms with Gasteiger partial charge in [-0.25, -0.2) is 9.97 Å². The summed E-state index contributed by atoms with van der Waals surface area (Å²) in [5, 5.41) is 6.93. The Morgan fingerprint density at radius 3 is 2.55 bits per heavy atom. The molecule has 3 aromatic rings. The molecule has 2 aromatic carbocycles. The fourth-order valence-corrected chi connectivity index (χ4v) is 3.49. The molecule has 1 aliphatic heterocycles. The summed E-state index contributed by atoms with van der Waals surface area (Å²) in [6.45, 7) is 5.40. The van der Waals surface area contributed by atoms with Crippen LogP contribution >= 0.6 is 0 Å². The van der Waals surface area contributed by atoms with E-state index in [0.717, 1.165) is 42.8 Å². The highest BCUT2D eigenvalue weighted by Gasteiger charge is 2.30. The topological polar surface area (TPSA) is 79.4 Å². The molecule has 7 nitrogen and oxygen atoms in total. The molecule has 1 aliphatic rings. The number of hydrogen-bond donors (Lipinski definition) is 2. The van der Waals surface area contributed by atoms with Gasteiger partial charge in [-0.2, -0.15) is 0 Å². The molecule has 0 atom stereocenters. The monoisotopic (exact) mass is 457 g/mol. The van der Waals surface area contributed by atoms with Gasteiger partial charge in [-0.15, -0.1) is 13.2 Å². The fourth-order valence-electron chi connectivity index (χ4n) is 3.49. The molecule has 0 saturated carbocycles. The second-order valence-electron chi connectivity index (χ2n) is 7.52. The maximum atomic E-state index is 12.3. The minimum Gasteiger partial charge on any atom is -0.406 e. The number of fused-ring (bicyclic) bond motifs is 1. The number of piperazine rings is 1. The van der Waals surface area contributed by atoms with Crippen molar-refractivity contribution in [2.45, 2.75) is 13.3 Å². The number of aromatic nitrogens is 2. The van der Waals surface area contributed by atoms with Crippen LogP contribution in [0.2, 0.25) is 0 Å². The quantitative estimate of drug-likeness (QED) is 0.566. The van der Waals surface area contributed by atoms with Crippen LogP contribution in [0.3, 0.4) is 0 Å². The highest BCUT2D eigenvalue weighted by atomic mass is 19.4. The van der Waals surface area contributed by atoms with Gasteiger partial charge in [0.15, 0.2) is 0 Å². The predicted molar refractivity (Wildman–Crippen MR) is 120 cm³/mol. The Labute approximate surface area is 188 Å². The third-order valence-electron chi connectivity index (χ3n) is 5.08. The van der Waals surface area contributed by atoms with Gasteiger partial charge in [0.1, 0.15) is 5.75 Å². The van der Waals surface area contributed by atoms with Crippen LogP contribution in [-0.4, -0.2) is 48.4 Å². The van der Waals surface area contributed by atoms with E-state index in [9.17, 15) is 18.0 Å². The molecule has 4 rings (SSSR count). The smallest absolute Gasteiger partial charge is 0.406 e. The number of anilines is 2. The normalized spacial score (nSPS) is 14.6. The number of rotatable bonds is 5. The third kappa shape index (κ3) is 5.98. The van der Waals surface area contributed by atoms with Crippen molar-refractivity contribution in [2.24, 2.45) is 0 Å². The number of nitrogens with zero attached hydrogens (tertiary/aromatic N) is 3. The second-order valence-corrected chi connectivity index (χ2v) is 7.52. The molecule has 0 unspecified atom stereocenters.